The molecule has 0 aliphatic rings. The predicted molar refractivity (Wildman–Crippen MR) is 125 cm³/mol. The number of amides is 1. The van der Waals surface area contributed by atoms with Crippen LogP contribution >= 0.6 is 23.1 Å². The van der Waals surface area contributed by atoms with Gasteiger partial charge in [0.05, 0.1) is 11.9 Å². The maximum atomic E-state index is 12.5. The van der Waals surface area contributed by atoms with Crippen LogP contribution in [-0.4, -0.2) is 42.6 Å². The standard InChI is InChI=1S/C20H22N4O4S3/c1-14(2)29-20-23-22-19(30-20)21-18(25)13-24(31(3,26)27)15-9-11-17(12-10-15)28-16-7-5-4-6-8-16/h4-12,14H,13H2,1-3H3,(H,21,22,25). The molecule has 11 heteroatoms. The van der Waals surface area contributed by atoms with E-state index in [0.717, 1.165) is 14.9 Å². The zero-order chi connectivity index (χ0) is 22.4. The lowest BCUT2D eigenvalue weighted by atomic mass is 10.3. The second kappa shape index (κ2) is 10.1. The topological polar surface area (TPSA) is 101 Å². The van der Waals surface area contributed by atoms with Crippen molar-refractivity contribution in [3.05, 3.63) is 54.6 Å². The highest BCUT2D eigenvalue weighted by atomic mass is 32.2. The van der Waals surface area contributed by atoms with E-state index in [4.69, 9.17) is 4.74 Å². The lowest BCUT2D eigenvalue weighted by Crippen LogP contribution is -2.37. The van der Waals surface area contributed by atoms with Gasteiger partial charge in [-0.25, -0.2) is 8.42 Å². The van der Waals surface area contributed by atoms with Crippen molar-refractivity contribution in [2.45, 2.75) is 23.4 Å². The monoisotopic (exact) mass is 478 g/mol. The van der Waals surface area contributed by atoms with Crippen LogP contribution in [-0.2, 0) is 14.8 Å². The Morgan fingerprint density at radius 1 is 1.10 bits per heavy atom. The van der Waals surface area contributed by atoms with Gasteiger partial charge in [0.25, 0.3) is 0 Å². The number of rotatable bonds is 9. The number of hydrogen-bond donors (Lipinski definition) is 1. The molecule has 8 nitrogen and oxygen atoms in total. The second-order valence-electron chi connectivity index (χ2n) is 6.77. The minimum Gasteiger partial charge on any atom is -0.457 e. The zero-order valence-corrected chi connectivity index (χ0v) is 19.6. The molecule has 0 atom stereocenters. The molecule has 1 amide bonds. The summed E-state index contributed by atoms with van der Waals surface area (Å²) in [5.41, 5.74) is 0.353. The molecule has 0 aliphatic carbocycles. The fraction of sp³-hybridized carbons (Fsp3) is 0.250. The van der Waals surface area contributed by atoms with Gasteiger partial charge in [-0.1, -0.05) is 55.1 Å². The highest BCUT2D eigenvalue weighted by Crippen LogP contribution is 2.29. The Labute approximate surface area is 189 Å². The normalized spacial score (nSPS) is 11.4. The molecule has 0 bridgehead atoms. The summed E-state index contributed by atoms with van der Waals surface area (Å²) in [6.45, 7) is 3.68. The summed E-state index contributed by atoms with van der Waals surface area (Å²) in [5.74, 6) is 0.714. The smallest absolute Gasteiger partial charge is 0.246 e. The molecule has 0 saturated heterocycles. The molecule has 31 heavy (non-hydrogen) atoms. The van der Waals surface area contributed by atoms with Crippen LogP contribution in [0.25, 0.3) is 0 Å². The molecule has 0 radical (unpaired) electrons. The first kappa shape index (κ1) is 23.0. The van der Waals surface area contributed by atoms with Gasteiger partial charge in [0.2, 0.25) is 21.1 Å². The number of thioether (sulfide) groups is 1. The Balaban J connectivity index is 1.69. The Hall–Kier alpha value is -2.63. The predicted octanol–water partition coefficient (Wildman–Crippen LogP) is 4.24. The number of carbonyl (C=O) groups excluding carboxylic acids is 1. The minimum absolute atomic E-state index is 0.327. The Morgan fingerprint density at radius 2 is 1.74 bits per heavy atom. The minimum atomic E-state index is -3.69. The number of nitrogens with one attached hydrogen (secondary N) is 1. The van der Waals surface area contributed by atoms with Gasteiger partial charge in [0.1, 0.15) is 18.0 Å². The average Bonchev–Trinajstić information content (AvgIpc) is 3.13. The third kappa shape index (κ3) is 6.94. The van der Waals surface area contributed by atoms with Crippen LogP contribution in [0.5, 0.6) is 11.5 Å². The number of aromatic nitrogens is 2. The molecule has 0 unspecified atom stereocenters. The largest absolute Gasteiger partial charge is 0.457 e. The Bertz CT molecular complexity index is 1120. The van der Waals surface area contributed by atoms with Crippen LogP contribution in [0, 0.1) is 0 Å². The van der Waals surface area contributed by atoms with Crippen molar-refractivity contribution in [3.8, 4) is 11.5 Å². The number of nitrogens with zero attached hydrogens (tertiary/aromatic N) is 3. The Morgan fingerprint density at radius 3 is 2.35 bits per heavy atom. The fourth-order valence-electron chi connectivity index (χ4n) is 2.50. The summed E-state index contributed by atoms with van der Waals surface area (Å²) in [6, 6.07) is 15.7. The maximum Gasteiger partial charge on any atom is 0.246 e. The van der Waals surface area contributed by atoms with E-state index >= 15 is 0 Å². The van der Waals surface area contributed by atoms with Crippen LogP contribution in [0.4, 0.5) is 10.8 Å². The van der Waals surface area contributed by atoms with E-state index in [2.05, 4.69) is 15.5 Å². The molecule has 3 rings (SSSR count). The van der Waals surface area contributed by atoms with E-state index in [1.54, 1.807) is 24.3 Å². The molecule has 0 aliphatic heterocycles. The first-order valence-electron chi connectivity index (χ1n) is 9.31. The highest BCUT2D eigenvalue weighted by Gasteiger charge is 2.22. The summed E-state index contributed by atoms with van der Waals surface area (Å²) in [5, 5.41) is 11.2. The van der Waals surface area contributed by atoms with Gasteiger partial charge < -0.3 is 4.74 Å². The molecule has 1 N–H and O–H groups in total. The van der Waals surface area contributed by atoms with Gasteiger partial charge in [-0.15, -0.1) is 10.2 Å². The van der Waals surface area contributed by atoms with Crippen LogP contribution in [0.15, 0.2) is 58.9 Å². The lowest BCUT2D eigenvalue weighted by molar-refractivity contribution is -0.114. The molecule has 0 fully saturated rings. The number of ether oxygens (including phenoxy) is 1. The molecule has 164 valence electrons. The maximum absolute atomic E-state index is 12.5. The van der Waals surface area contributed by atoms with Crippen LogP contribution in [0.3, 0.4) is 0 Å². The number of hydrogen-bond acceptors (Lipinski definition) is 8. The summed E-state index contributed by atoms with van der Waals surface area (Å²) < 4.78 is 32.1. The van der Waals surface area contributed by atoms with Crippen LogP contribution in [0.1, 0.15) is 13.8 Å². The average molecular weight is 479 g/mol. The first-order chi connectivity index (χ1) is 14.7. The van der Waals surface area contributed by atoms with Gasteiger partial charge >= 0.3 is 0 Å². The molecule has 2 aromatic carbocycles. The molecule has 3 aromatic rings. The number of para-hydroxylation sites is 1. The van der Waals surface area contributed by atoms with Gasteiger partial charge in [-0.3, -0.25) is 14.4 Å². The lowest BCUT2D eigenvalue weighted by Gasteiger charge is -2.21. The molecule has 1 heterocycles. The van der Waals surface area contributed by atoms with E-state index < -0.39 is 15.9 Å². The van der Waals surface area contributed by atoms with Crippen molar-refractivity contribution < 1.29 is 17.9 Å². The van der Waals surface area contributed by atoms with E-state index in [1.807, 2.05) is 44.2 Å². The summed E-state index contributed by atoms with van der Waals surface area (Å²) in [6.07, 6.45) is 1.05. The number of carbonyl (C=O) groups is 1. The van der Waals surface area contributed by atoms with E-state index in [9.17, 15) is 13.2 Å². The van der Waals surface area contributed by atoms with E-state index in [0.29, 0.717) is 27.6 Å². The summed E-state index contributed by atoms with van der Waals surface area (Å²) in [4.78, 5) is 12.5. The molecular weight excluding hydrogens is 456 g/mol. The quantitative estimate of drug-likeness (QED) is 0.363. The van der Waals surface area contributed by atoms with E-state index in [1.165, 1.54) is 23.1 Å². The van der Waals surface area contributed by atoms with Crippen LogP contribution < -0.4 is 14.4 Å². The van der Waals surface area contributed by atoms with Crippen molar-refractivity contribution in [2.75, 3.05) is 22.4 Å². The van der Waals surface area contributed by atoms with Crippen molar-refractivity contribution in [3.63, 3.8) is 0 Å². The summed E-state index contributed by atoms with van der Waals surface area (Å²) in [7, 11) is -3.69. The van der Waals surface area contributed by atoms with Gasteiger partial charge in [0.15, 0.2) is 4.34 Å². The number of benzene rings is 2. The molecule has 0 spiro atoms. The third-order valence-electron chi connectivity index (χ3n) is 3.78. The first-order valence-corrected chi connectivity index (χ1v) is 12.9. The van der Waals surface area contributed by atoms with Crippen molar-refractivity contribution in [2.24, 2.45) is 0 Å². The molecule has 0 saturated carbocycles. The van der Waals surface area contributed by atoms with Gasteiger partial charge in [-0.05, 0) is 36.4 Å². The molecular formula is C20H22N4O4S3. The van der Waals surface area contributed by atoms with Gasteiger partial charge in [-0.2, -0.15) is 0 Å². The van der Waals surface area contributed by atoms with Gasteiger partial charge in [0, 0.05) is 5.25 Å². The highest BCUT2D eigenvalue weighted by molar-refractivity contribution is 8.01. The van der Waals surface area contributed by atoms with Crippen LogP contribution in [0.2, 0.25) is 0 Å². The molecule has 1 aromatic heterocycles. The summed E-state index contributed by atoms with van der Waals surface area (Å²) >= 11 is 2.79. The van der Waals surface area contributed by atoms with E-state index in [-0.39, 0.29) is 6.54 Å². The van der Waals surface area contributed by atoms with Crippen molar-refractivity contribution >= 4 is 49.8 Å². The number of anilines is 2. The fourth-order valence-corrected chi connectivity index (χ4v) is 5.35. The third-order valence-corrected chi connectivity index (χ3v) is 6.85. The SMILES string of the molecule is CC(C)Sc1nnc(NC(=O)CN(c2ccc(Oc3ccccc3)cc2)S(C)(=O)=O)s1. The number of sulfonamides is 1. The zero-order valence-electron chi connectivity index (χ0n) is 17.2. The van der Waals surface area contributed by atoms with Crippen molar-refractivity contribution in [1.82, 2.24) is 10.2 Å². The second-order valence-corrected chi connectivity index (χ2v) is 11.5. The Kier molecular flexibility index (Phi) is 7.52. The van der Waals surface area contributed by atoms with Crippen molar-refractivity contribution in [1.29, 1.82) is 0 Å².